The molecule has 0 radical (unpaired) electrons. The number of aliphatic carboxylic acids is 3. The Hall–Kier alpha value is -6.70. The van der Waals surface area contributed by atoms with Crippen LogP contribution in [0.3, 0.4) is 0 Å². The minimum absolute atomic E-state index is 0.00880. The van der Waals surface area contributed by atoms with Crippen LogP contribution in [0.25, 0.3) is 0 Å². The second-order valence-electron chi connectivity index (χ2n) is 13.6. The van der Waals surface area contributed by atoms with E-state index in [-0.39, 0.29) is 61.8 Å². The van der Waals surface area contributed by atoms with Crippen LogP contribution in [0.4, 0.5) is 10.5 Å². The van der Waals surface area contributed by atoms with E-state index in [0.717, 1.165) is 4.90 Å². The van der Waals surface area contributed by atoms with E-state index in [1.54, 1.807) is 36.4 Å². The monoisotopic (exact) mass is 857 g/mol. The highest BCUT2D eigenvalue weighted by Crippen LogP contribution is 2.26. The van der Waals surface area contributed by atoms with Crippen molar-refractivity contribution in [2.45, 2.75) is 82.3 Å². The second-order valence-corrected chi connectivity index (χ2v) is 14.0. The number of halogens is 1. The molecule has 1 aliphatic rings. The lowest BCUT2D eigenvalue weighted by Crippen LogP contribution is -2.51. The number of aromatic hydroxyl groups is 1. The summed E-state index contributed by atoms with van der Waals surface area (Å²) in [6.07, 6.45) is 0.502. The van der Waals surface area contributed by atoms with E-state index in [9.17, 15) is 58.5 Å². The number of unbranched alkanes of at least 4 members (excludes halogenated alkanes) is 3. The Morgan fingerprint density at radius 1 is 0.650 bits per heavy atom. The van der Waals surface area contributed by atoms with Crippen LogP contribution in [0.5, 0.6) is 5.75 Å². The molecule has 10 N–H and O–H groups in total. The first-order valence-corrected chi connectivity index (χ1v) is 19.4. The Morgan fingerprint density at radius 3 is 1.87 bits per heavy atom. The quantitative estimate of drug-likeness (QED) is 0.0473. The summed E-state index contributed by atoms with van der Waals surface area (Å²) in [7, 11) is 0. The molecule has 0 aromatic heterocycles. The van der Waals surface area contributed by atoms with Crippen LogP contribution in [0, 0.1) is 0 Å². The first-order valence-electron chi connectivity index (χ1n) is 19.0. The summed E-state index contributed by atoms with van der Waals surface area (Å²) >= 11 is 6.16. The molecule has 0 aliphatic carbocycles. The number of imide groups is 1. The summed E-state index contributed by atoms with van der Waals surface area (Å²) in [6.45, 7) is -0.0136. The molecule has 1 aliphatic heterocycles. The lowest BCUT2D eigenvalue weighted by molar-refractivity contribution is -0.141. The zero-order chi connectivity index (χ0) is 44.2. The van der Waals surface area contributed by atoms with Gasteiger partial charge in [-0.3, -0.25) is 33.7 Å². The Bertz CT molecular complexity index is 1910. The summed E-state index contributed by atoms with van der Waals surface area (Å²) in [4.78, 5) is 111. The molecule has 1 heterocycles. The first kappa shape index (κ1) is 47.7. The highest BCUT2D eigenvalue weighted by atomic mass is 35.5. The fourth-order valence-electron chi connectivity index (χ4n) is 5.79. The van der Waals surface area contributed by atoms with E-state index in [1.807, 2.05) is 16.7 Å². The van der Waals surface area contributed by atoms with E-state index in [4.69, 9.17) is 16.7 Å². The molecule has 0 bridgehead atoms. The number of phenols is 1. The summed E-state index contributed by atoms with van der Waals surface area (Å²) in [5.74, 6) is -7.02. The number of urea groups is 1. The number of rotatable bonds is 26. The Labute approximate surface area is 349 Å². The molecule has 20 nitrogen and oxygen atoms in total. The fourth-order valence-corrected chi connectivity index (χ4v) is 6.02. The molecule has 0 fully saturated rings. The Balaban J connectivity index is 1.41. The summed E-state index contributed by atoms with van der Waals surface area (Å²) in [5.41, 5.74) is 1.25. The number of carboxylic acid groups (broad SMARTS) is 3. The number of carbonyl (C=O) groups excluding carboxylic acids is 6. The number of hydrogen-bond donors (Lipinski definition) is 10. The minimum Gasteiger partial charge on any atom is -0.508 e. The molecule has 324 valence electrons. The van der Waals surface area contributed by atoms with E-state index in [1.165, 1.54) is 12.1 Å². The van der Waals surface area contributed by atoms with E-state index < -0.39 is 84.4 Å². The van der Waals surface area contributed by atoms with Crippen molar-refractivity contribution in [2.24, 2.45) is 0 Å². The van der Waals surface area contributed by atoms with Crippen molar-refractivity contribution in [1.82, 2.24) is 31.5 Å². The van der Waals surface area contributed by atoms with Gasteiger partial charge in [-0.2, -0.15) is 0 Å². The molecular weight excluding hydrogens is 810 g/mol. The fraction of sp³-hybridized carbons (Fsp3) is 0.410. The van der Waals surface area contributed by atoms with E-state index in [0.29, 0.717) is 36.9 Å². The molecule has 3 rings (SSSR count). The van der Waals surface area contributed by atoms with Crippen molar-refractivity contribution in [3.05, 3.63) is 70.9 Å². The highest BCUT2D eigenvalue weighted by molar-refractivity contribution is 6.48. The van der Waals surface area contributed by atoms with E-state index >= 15 is 0 Å². The maximum atomic E-state index is 13.2. The maximum absolute atomic E-state index is 13.2. The smallest absolute Gasteiger partial charge is 0.326 e. The molecule has 2 aromatic carbocycles. The summed E-state index contributed by atoms with van der Waals surface area (Å²) in [5, 5.41) is 51.6. The largest absolute Gasteiger partial charge is 0.508 e. The molecule has 60 heavy (non-hydrogen) atoms. The number of phenolic OH excluding ortho intramolecular Hbond substituents is 1. The van der Waals surface area contributed by atoms with Gasteiger partial charge in [-0.05, 0) is 55.5 Å². The van der Waals surface area contributed by atoms with Gasteiger partial charge in [0.15, 0.2) is 0 Å². The topological polar surface area (TPSA) is 310 Å². The highest BCUT2D eigenvalue weighted by Gasteiger charge is 2.37. The van der Waals surface area contributed by atoms with Crippen LogP contribution in [0.2, 0.25) is 0 Å². The maximum Gasteiger partial charge on any atom is 0.326 e. The van der Waals surface area contributed by atoms with Gasteiger partial charge in [-0.15, -0.1) is 0 Å². The molecule has 7 amide bonds. The molecule has 0 unspecified atom stereocenters. The van der Waals surface area contributed by atoms with Crippen molar-refractivity contribution < 1.29 is 63.6 Å². The van der Waals surface area contributed by atoms with Crippen LogP contribution < -0.4 is 31.9 Å². The van der Waals surface area contributed by atoms with Gasteiger partial charge in [0, 0.05) is 51.0 Å². The van der Waals surface area contributed by atoms with Crippen LogP contribution in [-0.4, -0.2) is 117 Å². The second kappa shape index (κ2) is 24.3. The van der Waals surface area contributed by atoms with Gasteiger partial charge >= 0.3 is 23.9 Å². The average molecular weight is 858 g/mol. The van der Waals surface area contributed by atoms with Gasteiger partial charge in [-0.1, -0.05) is 54.8 Å². The van der Waals surface area contributed by atoms with Gasteiger partial charge < -0.3 is 52.3 Å². The Morgan fingerprint density at radius 2 is 1.25 bits per heavy atom. The van der Waals surface area contributed by atoms with Gasteiger partial charge in [0.25, 0.3) is 11.8 Å². The predicted molar refractivity (Wildman–Crippen MR) is 213 cm³/mol. The number of benzene rings is 2. The summed E-state index contributed by atoms with van der Waals surface area (Å²) < 4.78 is 0. The van der Waals surface area contributed by atoms with Crippen molar-refractivity contribution in [3.63, 3.8) is 0 Å². The van der Waals surface area contributed by atoms with Gasteiger partial charge in [-0.25, -0.2) is 14.4 Å². The average Bonchev–Trinajstić information content (AvgIpc) is 3.40. The number of nitrogens with zero attached hydrogens (tertiary/aromatic N) is 1. The van der Waals surface area contributed by atoms with Gasteiger partial charge in [0.2, 0.25) is 17.7 Å². The normalized spacial score (nSPS) is 13.8. The third-order valence-electron chi connectivity index (χ3n) is 8.98. The molecule has 0 saturated heterocycles. The lowest BCUT2D eigenvalue weighted by atomic mass is 10.0. The summed E-state index contributed by atoms with van der Waals surface area (Å²) in [6, 6.07) is 9.47. The van der Waals surface area contributed by atoms with Crippen molar-refractivity contribution in [1.29, 1.82) is 0 Å². The zero-order valence-electron chi connectivity index (χ0n) is 32.4. The lowest BCUT2D eigenvalue weighted by Gasteiger charge is -2.19. The number of carbonyl (C=O) groups is 9. The molecule has 0 saturated carbocycles. The van der Waals surface area contributed by atoms with Crippen LogP contribution in [0.1, 0.15) is 63.4 Å². The number of para-hydroxylation sites is 1. The predicted octanol–water partition coefficient (Wildman–Crippen LogP) is 1.38. The number of amides is 7. The van der Waals surface area contributed by atoms with Gasteiger partial charge in [0.05, 0.1) is 0 Å². The number of carboxylic acids is 3. The number of nitrogens with one attached hydrogen (secondary N) is 6. The third-order valence-corrected chi connectivity index (χ3v) is 9.33. The molecule has 3 atom stereocenters. The third kappa shape index (κ3) is 16.3. The minimum atomic E-state index is -1.59. The number of hydrogen-bond acceptors (Lipinski definition) is 11. The standard InChI is InChI=1S/C39H48ClN7O13/c40-32-33(43-24-8-4-3-5-9-24)36(55)47(35(32)54)21-7-2-1-6-10-30(50)44-28(22-23-11-13-25(48)14-12-23)34(53)42-20-19-41-29(49)17-15-26(37(56)57)45-39(60)46-27(38(58)59)16-18-31(51)52/h3-5,8-9,11-14,26-28,43,48H,1-2,6-7,10,15-22H2,(H,41,49)(H,42,53)(H,44,50)(H,51,52)(H,56,57)(H,58,59)(H2,45,46,60)/t26-,27-,28-/m0/s1. The van der Waals surface area contributed by atoms with Crippen molar-refractivity contribution in [3.8, 4) is 5.75 Å². The molecule has 0 spiro atoms. The molecule has 2 aromatic rings. The zero-order valence-corrected chi connectivity index (χ0v) is 33.2. The van der Waals surface area contributed by atoms with Crippen molar-refractivity contribution in [2.75, 3.05) is 25.0 Å². The van der Waals surface area contributed by atoms with Crippen molar-refractivity contribution >= 4 is 70.8 Å². The Kier molecular flexibility index (Phi) is 19.3. The first-order chi connectivity index (χ1) is 28.5. The molecular formula is C39H48ClN7O13. The van der Waals surface area contributed by atoms with Gasteiger partial charge in [0.1, 0.15) is 34.6 Å². The molecule has 21 heteroatoms. The van der Waals surface area contributed by atoms with Crippen LogP contribution >= 0.6 is 11.6 Å². The number of anilines is 1. The van der Waals surface area contributed by atoms with Crippen LogP contribution in [0.15, 0.2) is 65.3 Å². The van der Waals surface area contributed by atoms with E-state index in [2.05, 4.69) is 21.3 Å². The van der Waals surface area contributed by atoms with Crippen LogP contribution in [-0.2, 0) is 44.8 Å². The SMILES string of the molecule is O=C(O)CC[C@H](NC(=O)N[C@@H](CCC(=O)NCCNC(=O)[C@H](Cc1ccc(O)cc1)NC(=O)CCCCCCN1C(=O)C(Cl)=C(Nc2ccccc2)C1=O)C(=O)O)C(=O)O.